The summed E-state index contributed by atoms with van der Waals surface area (Å²) in [6.45, 7) is 8.21. The van der Waals surface area contributed by atoms with Gasteiger partial charge < -0.3 is 18.9 Å². The molecule has 0 bridgehead atoms. The van der Waals surface area contributed by atoms with E-state index in [1.807, 2.05) is 24.3 Å². The lowest BCUT2D eigenvalue weighted by atomic mass is 10.2. The predicted octanol–water partition coefficient (Wildman–Crippen LogP) is 5.31. The van der Waals surface area contributed by atoms with Gasteiger partial charge in [0.15, 0.2) is 11.6 Å². The van der Waals surface area contributed by atoms with Crippen molar-refractivity contribution in [1.82, 2.24) is 9.97 Å². The highest BCUT2D eigenvalue weighted by Gasteiger charge is 2.03. The van der Waals surface area contributed by atoms with Gasteiger partial charge in [-0.15, -0.1) is 0 Å². The molecule has 30 heavy (non-hydrogen) atoms. The number of hydrogen-bond donors (Lipinski definition) is 0. The summed E-state index contributed by atoms with van der Waals surface area (Å²) in [5.41, 5.74) is 0.934. The van der Waals surface area contributed by atoms with Crippen LogP contribution in [-0.2, 0) is 9.47 Å². The third-order valence-corrected chi connectivity index (χ3v) is 4.52. The van der Waals surface area contributed by atoms with E-state index in [0.29, 0.717) is 38.0 Å². The predicted molar refractivity (Wildman–Crippen MR) is 119 cm³/mol. The van der Waals surface area contributed by atoms with E-state index >= 15 is 0 Å². The molecule has 0 aliphatic carbocycles. The molecular weight excluding hydrogens is 380 g/mol. The molecule has 166 valence electrons. The molecule has 1 aromatic carbocycles. The maximum absolute atomic E-state index is 5.71. The van der Waals surface area contributed by atoms with Crippen molar-refractivity contribution in [3.8, 4) is 22.9 Å². The second-order valence-corrected chi connectivity index (χ2v) is 7.10. The summed E-state index contributed by atoms with van der Waals surface area (Å²) in [5.74, 6) is 2.12. The Balaban J connectivity index is 1.65. The fraction of sp³-hybridized carbons (Fsp3) is 0.583. The number of unbranched alkanes of at least 4 members (excludes halogenated alkanes) is 4. The average Bonchev–Trinajstić information content (AvgIpc) is 2.79. The second-order valence-electron chi connectivity index (χ2n) is 7.10. The summed E-state index contributed by atoms with van der Waals surface area (Å²) in [5, 5.41) is 0. The van der Waals surface area contributed by atoms with Gasteiger partial charge in [0.1, 0.15) is 19.0 Å². The Kier molecular flexibility index (Phi) is 12.6. The standard InChI is InChI=1S/C24H36N2O4/c1-3-5-7-13-27-15-17-29-22-11-9-21(10-12-22)24-25-19-23(20-26-24)30-18-16-28-14-8-6-4-2/h9-12,19-20H,3-8,13-18H2,1-2H3. The number of ether oxygens (including phenoxy) is 4. The van der Waals surface area contributed by atoms with Crippen molar-refractivity contribution in [3.05, 3.63) is 36.7 Å². The largest absolute Gasteiger partial charge is 0.491 e. The minimum absolute atomic E-state index is 0.503. The normalized spacial score (nSPS) is 10.9. The van der Waals surface area contributed by atoms with E-state index in [-0.39, 0.29) is 0 Å². The van der Waals surface area contributed by atoms with Gasteiger partial charge in [0.2, 0.25) is 0 Å². The van der Waals surface area contributed by atoms with E-state index < -0.39 is 0 Å². The van der Waals surface area contributed by atoms with Gasteiger partial charge in [-0.25, -0.2) is 9.97 Å². The van der Waals surface area contributed by atoms with E-state index in [0.717, 1.165) is 37.4 Å². The highest BCUT2D eigenvalue weighted by molar-refractivity contribution is 5.56. The highest BCUT2D eigenvalue weighted by atomic mass is 16.5. The van der Waals surface area contributed by atoms with Crippen LogP contribution in [0.5, 0.6) is 11.5 Å². The lowest BCUT2D eigenvalue weighted by Crippen LogP contribution is -2.08. The van der Waals surface area contributed by atoms with Gasteiger partial charge in [-0.3, -0.25) is 0 Å². The zero-order valence-electron chi connectivity index (χ0n) is 18.5. The minimum Gasteiger partial charge on any atom is -0.491 e. The van der Waals surface area contributed by atoms with E-state index in [2.05, 4.69) is 23.8 Å². The first-order chi connectivity index (χ1) is 14.8. The Morgan fingerprint density at radius 2 is 1.13 bits per heavy atom. The Bertz CT molecular complexity index is 602. The van der Waals surface area contributed by atoms with Gasteiger partial charge in [-0.2, -0.15) is 0 Å². The average molecular weight is 417 g/mol. The van der Waals surface area contributed by atoms with Crippen LogP contribution >= 0.6 is 0 Å². The molecule has 0 spiro atoms. The molecule has 6 nitrogen and oxygen atoms in total. The third kappa shape index (κ3) is 10.0. The van der Waals surface area contributed by atoms with Crippen LogP contribution in [-0.4, -0.2) is 49.6 Å². The van der Waals surface area contributed by atoms with Crippen LogP contribution in [0.15, 0.2) is 36.7 Å². The van der Waals surface area contributed by atoms with Crippen molar-refractivity contribution in [2.24, 2.45) is 0 Å². The summed E-state index contributed by atoms with van der Waals surface area (Å²) >= 11 is 0. The molecule has 0 N–H and O–H groups in total. The van der Waals surface area contributed by atoms with Crippen molar-refractivity contribution < 1.29 is 18.9 Å². The lowest BCUT2D eigenvalue weighted by Gasteiger charge is -2.08. The molecular formula is C24H36N2O4. The lowest BCUT2D eigenvalue weighted by molar-refractivity contribution is 0.0971. The fourth-order valence-electron chi connectivity index (χ4n) is 2.79. The molecule has 1 heterocycles. The Morgan fingerprint density at radius 1 is 0.600 bits per heavy atom. The molecule has 1 aromatic heterocycles. The Morgan fingerprint density at radius 3 is 1.67 bits per heavy atom. The number of benzene rings is 1. The van der Waals surface area contributed by atoms with E-state index in [1.54, 1.807) is 12.4 Å². The number of hydrogen-bond acceptors (Lipinski definition) is 6. The summed E-state index contributed by atoms with van der Waals surface area (Å²) in [6, 6.07) is 7.76. The van der Waals surface area contributed by atoms with Crippen LogP contribution < -0.4 is 9.47 Å². The molecule has 6 heteroatoms. The fourth-order valence-corrected chi connectivity index (χ4v) is 2.79. The molecule has 0 saturated heterocycles. The first kappa shape index (κ1) is 24.1. The van der Waals surface area contributed by atoms with Gasteiger partial charge in [-0.1, -0.05) is 39.5 Å². The SMILES string of the molecule is CCCCCOCCOc1ccc(-c2ncc(OCCOCCCCC)cn2)cc1. The molecule has 0 unspecified atom stereocenters. The van der Waals surface area contributed by atoms with E-state index in [1.165, 1.54) is 25.7 Å². The molecule has 0 aliphatic rings. The maximum Gasteiger partial charge on any atom is 0.159 e. The zero-order chi connectivity index (χ0) is 21.3. The quantitative estimate of drug-likeness (QED) is 0.326. The first-order valence-electron chi connectivity index (χ1n) is 11.2. The van der Waals surface area contributed by atoms with Crippen LogP contribution in [0.4, 0.5) is 0 Å². The molecule has 0 radical (unpaired) electrons. The third-order valence-electron chi connectivity index (χ3n) is 4.52. The molecule has 0 fully saturated rings. The van der Waals surface area contributed by atoms with Crippen LogP contribution in [0, 0.1) is 0 Å². The smallest absolute Gasteiger partial charge is 0.159 e. The van der Waals surface area contributed by atoms with Crippen LogP contribution in [0.2, 0.25) is 0 Å². The summed E-state index contributed by atoms with van der Waals surface area (Å²) in [6.07, 6.45) is 10.4. The summed E-state index contributed by atoms with van der Waals surface area (Å²) < 4.78 is 22.4. The number of aromatic nitrogens is 2. The van der Waals surface area contributed by atoms with Crippen LogP contribution in [0.3, 0.4) is 0 Å². The maximum atomic E-state index is 5.71. The second kappa shape index (κ2) is 15.6. The highest BCUT2D eigenvalue weighted by Crippen LogP contribution is 2.20. The van der Waals surface area contributed by atoms with E-state index in [4.69, 9.17) is 18.9 Å². The van der Waals surface area contributed by atoms with Crippen molar-refractivity contribution in [2.45, 2.75) is 52.4 Å². The topological polar surface area (TPSA) is 62.7 Å². The Labute approximate surface area is 180 Å². The Hall–Kier alpha value is -2.18. The van der Waals surface area contributed by atoms with Gasteiger partial charge >= 0.3 is 0 Å². The monoisotopic (exact) mass is 416 g/mol. The zero-order valence-corrected chi connectivity index (χ0v) is 18.5. The van der Waals surface area contributed by atoms with Crippen molar-refractivity contribution in [2.75, 3.05) is 39.6 Å². The first-order valence-corrected chi connectivity index (χ1v) is 11.2. The van der Waals surface area contributed by atoms with Crippen LogP contribution in [0.1, 0.15) is 52.4 Å². The van der Waals surface area contributed by atoms with Gasteiger partial charge in [0.05, 0.1) is 25.6 Å². The molecule has 0 aliphatic heterocycles. The molecule has 0 atom stereocenters. The number of nitrogens with zero attached hydrogens (tertiary/aromatic N) is 2. The molecule has 0 saturated carbocycles. The molecule has 2 aromatic rings. The van der Waals surface area contributed by atoms with Crippen LogP contribution in [0.25, 0.3) is 11.4 Å². The molecule has 0 amide bonds. The van der Waals surface area contributed by atoms with Gasteiger partial charge in [0, 0.05) is 18.8 Å². The van der Waals surface area contributed by atoms with Crippen molar-refractivity contribution >= 4 is 0 Å². The molecule has 2 rings (SSSR count). The minimum atomic E-state index is 0.503. The van der Waals surface area contributed by atoms with Gasteiger partial charge in [0.25, 0.3) is 0 Å². The van der Waals surface area contributed by atoms with Gasteiger partial charge in [-0.05, 0) is 37.1 Å². The van der Waals surface area contributed by atoms with Crippen molar-refractivity contribution in [1.29, 1.82) is 0 Å². The van der Waals surface area contributed by atoms with E-state index in [9.17, 15) is 0 Å². The summed E-state index contributed by atoms with van der Waals surface area (Å²) in [7, 11) is 0. The number of rotatable bonds is 17. The van der Waals surface area contributed by atoms with Crippen molar-refractivity contribution in [3.63, 3.8) is 0 Å². The summed E-state index contributed by atoms with van der Waals surface area (Å²) in [4.78, 5) is 8.78.